The monoisotopic (exact) mass is 393 g/mol. The van der Waals surface area contributed by atoms with Crippen molar-refractivity contribution in [3.63, 3.8) is 0 Å². The van der Waals surface area contributed by atoms with Crippen LogP contribution in [0.5, 0.6) is 11.5 Å². The van der Waals surface area contributed by atoms with Crippen molar-refractivity contribution >= 4 is 18.1 Å². The van der Waals surface area contributed by atoms with Crippen LogP contribution in [0.25, 0.3) is 0 Å². The molecule has 3 N–H and O–H groups in total. The minimum atomic E-state index is -0.300. The lowest BCUT2D eigenvalue weighted by molar-refractivity contribution is -0.124. The first-order valence-corrected chi connectivity index (χ1v) is 9.15. The minimum absolute atomic E-state index is 0.0741. The summed E-state index contributed by atoms with van der Waals surface area (Å²) in [6.07, 6.45) is 0.757. The number of aryl methyl sites for hydroxylation is 1. The molecule has 0 saturated heterocycles. The van der Waals surface area contributed by atoms with Crippen LogP contribution in [0.2, 0.25) is 0 Å². The van der Waals surface area contributed by atoms with Crippen molar-refractivity contribution < 1.29 is 14.3 Å². The predicted octanol–water partition coefficient (Wildman–Crippen LogP) is 2.55. The van der Waals surface area contributed by atoms with E-state index in [-0.39, 0.29) is 18.1 Å². The number of aromatic amines is 1. The van der Waals surface area contributed by atoms with Gasteiger partial charge in [0.15, 0.2) is 23.9 Å². The van der Waals surface area contributed by atoms with Crippen LogP contribution in [0.1, 0.15) is 39.1 Å². The molecule has 0 atom stereocenters. The average molecular weight is 394 g/mol. The molecule has 0 unspecified atom stereocenters. The molecule has 0 bridgehead atoms. The molecule has 2 aromatic rings. The van der Waals surface area contributed by atoms with E-state index in [1.165, 1.54) is 0 Å². The van der Waals surface area contributed by atoms with Crippen molar-refractivity contribution in [2.45, 2.75) is 46.2 Å². The summed E-state index contributed by atoms with van der Waals surface area (Å²) in [7, 11) is 1.57. The van der Waals surface area contributed by atoms with Crippen LogP contribution in [-0.2, 0) is 17.8 Å². The van der Waals surface area contributed by atoms with Crippen LogP contribution in [0.4, 0.5) is 0 Å². The smallest absolute Gasteiger partial charge is 0.258 e. The Morgan fingerprint density at radius 1 is 1.33 bits per heavy atom. The average Bonchev–Trinajstić information content (AvgIpc) is 2.96. The maximum absolute atomic E-state index is 11.9. The van der Waals surface area contributed by atoms with Crippen molar-refractivity contribution in [2.75, 3.05) is 19.1 Å². The molecule has 1 aromatic heterocycles. The Kier molecular flexibility index (Phi) is 6.84. The summed E-state index contributed by atoms with van der Waals surface area (Å²) < 4.78 is 13.3. The molecule has 0 fully saturated rings. The molecular formula is C18H27N5O3S. The van der Waals surface area contributed by atoms with Crippen molar-refractivity contribution in [1.82, 2.24) is 20.2 Å². The number of carbonyl (C=O) groups excluding carboxylic acids is 1. The number of amides is 1. The number of hydrogen-bond donors (Lipinski definition) is 3. The van der Waals surface area contributed by atoms with Crippen LogP contribution in [0, 0.1) is 4.77 Å². The van der Waals surface area contributed by atoms with Crippen molar-refractivity contribution in [2.24, 2.45) is 0 Å². The molecule has 0 radical (unpaired) electrons. The van der Waals surface area contributed by atoms with Gasteiger partial charge in [0.05, 0.1) is 13.7 Å². The molecule has 1 aromatic carbocycles. The SMILES string of the molecule is CCc1n[nH]c(=S)n1NCc1ccc(OCC(=O)NC(C)(C)C)c(OC)c1. The summed E-state index contributed by atoms with van der Waals surface area (Å²) in [6, 6.07) is 5.55. The Hall–Kier alpha value is -2.55. The van der Waals surface area contributed by atoms with E-state index >= 15 is 0 Å². The lowest BCUT2D eigenvalue weighted by Gasteiger charge is -2.20. The van der Waals surface area contributed by atoms with Crippen molar-refractivity contribution in [3.8, 4) is 11.5 Å². The summed E-state index contributed by atoms with van der Waals surface area (Å²) in [4.78, 5) is 11.9. The molecule has 0 aliphatic carbocycles. The number of aromatic nitrogens is 3. The van der Waals surface area contributed by atoms with Gasteiger partial charge < -0.3 is 20.2 Å². The highest BCUT2D eigenvalue weighted by Gasteiger charge is 2.15. The van der Waals surface area contributed by atoms with Gasteiger partial charge in [-0.25, -0.2) is 4.68 Å². The van der Waals surface area contributed by atoms with E-state index in [9.17, 15) is 4.79 Å². The zero-order chi connectivity index (χ0) is 20.0. The second-order valence-electron chi connectivity index (χ2n) is 7.04. The van der Waals surface area contributed by atoms with Gasteiger partial charge in [-0.15, -0.1) is 0 Å². The number of nitrogens with zero attached hydrogens (tertiary/aromatic N) is 2. The maximum atomic E-state index is 11.9. The van der Waals surface area contributed by atoms with Gasteiger partial charge in [0.1, 0.15) is 0 Å². The predicted molar refractivity (Wildman–Crippen MR) is 106 cm³/mol. The summed E-state index contributed by atoms with van der Waals surface area (Å²) in [5.74, 6) is 1.72. The van der Waals surface area contributed by atoms with Gasteiger partial charge in [-0.2, -0.15) is 5.10 Å². The molecule has 8 nitrogen and oxygen atoms in total. The summed E-state index contributed by atoms with van der Waals surface area (Å²) >= 11 is 5.22. The minimum Gasteiger partial charge on any atom is -0.493 e. The first-order chi connectivity index (χ1) is 12.7. The van der Waals surface area contributed by atoms with Gasteiger partial charge in [-0.1, -0.05) is 13.0 Å². The molecule has 9 heteroatoms. The molecule has 0 spiro atoms. The lowest BCUT2D eigenvalue weighted by Crippen LogP contribution is -2.43. The van der Waals surface area contributed by atoms with Crippen molar-refractivity contribution in [1.29, 1.82) is 0 Å². The van der Waals surface area contributed by atoms with Crippen LogP contribution >= 0.6 is 12.2 Å². The van der Waals surface area contributed by atoms with E-state index in [0.29, 0.717) is 22.8 Å². The highest BCUT2D eigenvalue weighted by Crippen LogP contribution is 2.28. The Bertz CT molecular complexity index is 838. The molecule has 0 aliphatic heterocycles. The zero-order valence-corrected chi connectivity index (χ0v) is 17.2. The van der Waals surface area contributed by atoms with E-state index in [4.69, 9.17) is 21.7 Å². The van der Waals surface area contributed by atoms with Crippen LogP contribution in [0.15, 0.2) is 18.2 Å². The van der Waals surface area contributed by atoms with Gasteiger partial charge in [-0.3, -0.25) is 9.89 Å². The number of H-pyrrole nitrogens is 1. The molecular weight excluding hydrogens is 366 g/mol. The molecule has 1 amide bonds. The Labute approximate surface area is 164 Å². The van der Waals surface area contributed by atoms with Gasteiger partial charge in [0.2, 0.25) is 4.77 Å². The fourth-order valence-electron chi connectivity index (χ4n) is 2.44. The topological polar surface area (TPSA) is 93.2 Å². The number of ether oxygens (including phenoxy) is 2. The fourth-order valence-corrected chi connectivity index (χ4v) is 2.65. The number of hydrogen-bond acceptors (Lipinski definition) is 6. The highest BCUT2D eigenvalue weighted by atomic mass is 32.1. The lowest BCUT2D eigenvalue weighted by atomic mass is 10.1. The first kappa shape index (κ1) is 20.8. The van der Waals surface area contributed by atoms with Gasteiger partial charge in [0, 0.05) is 12.0 Å². The molecule has 27 heavy (non-hydrogen) atoms. The van der Waals surface area contributed by atoms with Gasteiger partial charge in [-0.05, 0) is 50.7 Å². The second kappa shape index (κ2) is 8.90. The van der Waals surface area contributed by atoms with E-state index in [2.05, 4.69) is 20.9 Å². The summed E-state index contributed by atoms with van der Waals surface area (Å²) in [5, 5.41) is 9.79. The standard InChI is InChI=1S/C18H27N5O3S/c1-6-15-21-22-17(27)23(15)19-10-12-7-8-13(14(9-12)25-5)26-11-16(24)20-18(2,3)4/h7-9,19H,6,10-11H2,1-5H3,(H,20,24)(H,22,27). The fraction of sp³-hybridized carbons (Fsp3) is 0.500. The van der Waals surface area contributed by atoms with E-state index in [1.807, 2.05) is 39.8 Å². The summed E-state index contributed by atoms with van der Waals surface area (Å²) in [6.45, 7) is 8.22. The first-order valence-electron chi connectivity index (χ1n) is 8.74. The third kappa shape index (κ3) is 5.99. The summed E-state index contributed by atoms with van der Waals surface area (Å²) in [5.41, 5.74) is 3.91. The number of rotatable bonds is 8. The zero-order valence-electron chi connectivity index (χ0n) is 16.4. The normalized spacial score (nSPS) is 11.1. The Morgan fingerprint density at radius 3 is 2.70 bits per heavy atom. The van der Waals surface area contributed by atoms with E-state index in [1.54, 1.807) is 17.9 Å². The highest BCUT2D eigenvalue weighted by molar-refractivity contribution is 7.71. The molecule has 2 rings (SSSR count). The van der Waals surface area contributed by atoms with Crippen LogP contribution in [-0.4, -0.2) is 40.0 Å². The Morgan fingerprint density at radius 2 is 2.07 bits per heavy atom. The number of nitrogens with one attached hydrogen (secondary N) is 3. The molecule has 0 aliphatic rings. The number of carbonyl (C=O) groups is 1. The third-order valence-corrected chi connectivity index (χ3v) is 3.87. The van der Waals surface area contributed by atoms with Crippen LogP contribution in [0.3, 0.4) is 0 Å². The van der Waals surface area contributed by atoms with E-state index in [0.717, 1.165) is 17.8 Å². The molecule has 148 valence electrons. The molecule has 1 heterocycles. The second-order valence-corrected chi connectivity index (χ2v) is 7.43. The van der Waals surface area contributed by atoms with Crippen molar-refractivity contribution in [3.05, 3.63) is 34.4 Å². The van der Waals surface area contributed by atoms with E-state index < -0.39 is 0 Å². The van der Waals surface area contributed by atoms with Gasteiger partial charge >= 0.3 is 0 Å². The number of benzene rings is 1. The van der Waals surface area contributed by atoms with Gasteiger partial charge in [0.25, 0.3) is 5.91 Å². The molecule has 0 saturated carbocycles. The van der Waals surface area contributed by atoms with Crippen LogP contribution < -0.4 is 20.2 Å². The quantitative estimate of drug-likeness (QED) is 0.597. The largest absolute Gasteiger partial charge is 0.493 e. The third-order valence-electron chi connectivity index (χ3n) is 3.60. The number of methoxy groups -OCH3 is 1. The maximum Gasteiger partial charge on any atom is 0.258 e. The Balaban J connectivity index is 2.02.